The second-order valence-electron chi connectivity index (χ2n) is 5.63. The molecule has 4 nitrogen and oxygen atoms in total. The van der Waals surface area contributed by atoms with Crippen molar-refractivity contribution in [3.63, 3.8) is 0 Å². The zero-order chi connectivity index (χ0) is 17.3. The lowest BCUT2D eigenvalue weighted by atomic mass is 10.1. The second kappa shape index (κ2) is 6.20. The molecular formula is C18H17FN2O2S. The number of amidine groups is 1. The SMILES string of the molecule is CC1=C(c2ccc(F)cc2)S(=O)(=O)NC1=NC(C)c1ccccc1. The van der Waals surface area contributed by atoms with Crippen molar-refractivity contribution < 1.29 is 12.8 Å². The van der Waals surface area contributed by atoms with Crippen LogP contribution >= 0.6 is 0 Å². The predicted molar refractivity (Wildman–Crippen MR) is 93.3 cm³/mol. The fourth-order valence-electron chi connectivity index (χ4n) is 2.66. The van der Waals surface area contributed by atoms with Crippen molar-refractivity contribution in [2.24, 2.45) is 4.99 Å². The van der Waals surface area contributed by atoms with Crippen LogP contribution in [0.25, 0.3) is 4.91 Å². The van der Waals surface area contributed by atoms with Crippen LogP contribution in [0.3, 0.4) is 0 Å². The van der Waals surface area contributed by atoms with Crippen LogP contribution in [0.5, 0.6) is 0 Å². The van der Waals surface area contributed by atoms with Crippen LogP contribution in [-0.4, -0.2) is 14.3 Å². The predicted octanol–water partition coefficient (Wildman–Crippen LogP) is 3.65. The number of halogens is 1. The molecule has 3 rings (SSSR count). The summed E-state index contributed by atoms with van der Waals surface area (Å²) in [5.74, 6) is -0.0855. The highest BCUT2D eigenvalue weighted by atomic mass is 32.2. The third kappa shape index (κ3) is 3.10. The van der Waals surface area contributed by atoms with Gasteiger partial charge in [-0.05, 0) is 37.1 Å². The van der Waals surface area contributed by atoms with Gasteiger partial charge in [0.05, 0.1) is 6.04 Å². The minimum Gasteiger partial charge on any atom is -0.263 e. The summed E-state index contributed by atoms with van der Waals surface area (Å²) >= 11 is 0. The molecule has 1 atom stereocenters. The standard InChI is InChI=1S/C18H17FN2O2S/c1-12-17(15-8-10-16(19)11-9-15)24(22,23)21-18(12)20-13(2)14-6-4-3-5-7-14/h3-11,13H,1-2H3,(H,20,21). The van der Waals surface area contributed by atoms with Crippen LogP contribution in [0.2, 0.25) is 0 Å². The first-order valence-corrected chi connectivity index (χ1v) is 8.99. The van der Waals surface area contributed by atoms with Gasteiger partial charge in [-0.2, -0.15) is 0 Å². The molecule has 1 unspecified atom stereocenters. The Morgan fingerprint density at radius 1 is 1.04 bits per heavy atom. The van der Waals surface area contributed by atoms with Crippen LogP contribution < -0.4 is 4.72 Å². The summed E-state index contributed by atoms with van der Waals surface area (Å²) in [5, 5.41) is 0. The van der Waals surface area contributed by atoms with E-state index in [1.54, 1.807) is 6.92 Å². The number of hydrogen-bond acceptors (Lipinski definition) is 3. The molecule has 1 N–H and O–H groups in total. The monoisotopic (exact) mass is 344 g/mol. The quantitative estimate of drug-likeness (QED) is 0.924. The van der Waals surface area contributed by atoms with Crippen molar-refractivity contribution in [1.29, 1.82) is 0 Å². The van der Waals surface area contributed by atoms with E-state index in [0.29, 0.717) is 17.0 Å². The van der Waals surface area contributed by atoms with E-state index in [4.69, 9.17) is 0 Å². The van der Waals surface area contributed by atoms with E-state index in [1.165, 1.54) is 24.3 Å². The molecule has 0 aliphatic carbocycles. The largest absolute Gasteiger partial charge is 0.264 e. The molecule has 0 saturated carbocycles. The van der Waals surface area contributed by atoms with E-state index < -0.39 is 15.8 Å². The molecule has 1 heterocycles. The fourth-order valence-corrected chi connectivity index (χ4v) is 4.17. The maximum absolute atomic E-state index is 13.1. The van der Waals surface area contributed by atoms with Gasteiger partial charge in [0, 0.05) is 5.57 Å². The topological polar surface area (TPSA) is 58.5 Å². The molecule has 0 amide bonds. The van der Waals surface area contributed by atoms with Gasteiger partial charge in [0.1, 0.15) is 16.6 Å². The molecule has 1 aliphatic heterocycles. The minimum absolute atomic E-state index is 0.140. The van der Waals surface area contributed by atoms with Crippen LogP contribution in [0.4, 0.5) is 4.39 Å². The molecule has 1 aliphatic rings. The van der Waals surface area contributed by atoms with Gasteiger partial charge in [-0.3, -0.25) is 9.71 Å². The van der Waals surface area contributed by atoms with Gasteiger partial charge in [0.2, 0.25) is 0 Å². The van der Waals surface area contributed by atoms with Crippen molar-refractivity contribution in [2.75, 3.05) is 0 Å². The number of nitrogens with one attached hydrogen (secondary N) is 1. The molecule has 0 spiro atoms. The van der Waals surface area contributed by atoms with Gasteiger partial charge in [0.25, 0.3) is 10.0 Å². The maximum atomic E-state index is 13.1. The molecule has 0 saturated heterocycles. The summed E-state index contributed by atoms with van der Waals surface area (Å²) < 4.78 is 40.5. The van der Waals surface area contributed by atoms with E-state index in [-0.39, 0.29) is 10.9 Å². The molecule has 24 heavy (non-hydrogen) atoms. The summed E-state index contributed by atoms with van der Waals surface area (Å²) in [6.07, 6.45) is 0. The lowest BCUT2D eigenvalue weighted by Gasteiger charge is -2.08. The van der Waals surface area contributed by atoms with E-state index in [0.717, 1.165) is 5.56 Å². The average molecular weight is 344 g/mol. The Kier molecular flexibility index (Phi) is 4.24. The Morgan fingerprint density at radius 2 is 1.67 bits per heavy atom. The molecule has 124 valence electrons. The molecule has 0 bridgehead atoms. The lowest BCUT2D eigenvalue weighted by molar-refractivity contribution is 0.603. The van der Waals surface area contributed by atoms with E-state index in [1.807, 2.05) is 37.3 Å². The highest BCUT2D eigenvalue weighted by Crippen LogP contribution is 2.31. The number of nitrogens with zero attached hydrogens (tertiary/aromatic N) is 1. The van der Waals surface area contributed by atoms with Gasteiger partial charge in [0.15, 0.2) is 0 Å². The normalized spacial score (nSPS) is 19.4. The molecule has 2 aromatic carbocycles. The zero-order valence-corrected chi connectivity index (χ0v) is 14.1. The average Bonchev–Trinajstić information content (AvgIpc) is 2.78. The number of aliphatic imine (C=N–C) groups is 1. The molecule has 0 fully saturated rings. The van der Waals surface area contributed by atoms with Crippen LogP contribution in [0.15, 0.2) is 65.2 Å². The summed E-state index contributed by atoms with van der Waals surface area (Å²) in [4.78, 5) is 4.65. The third-order valence-corrected chi connectivity index (χ3v) is 5.45. The highest BCUT2D eigenvalue weighted by molar-refractivity contribution is 8.00. The summed E-state index contributed by atoms with van der Waals surface area (Å²) in [5.41, 5.74) is 1.97. The zero-order valence-electron chi connectivity index (χ0n) is 13.3. The van der Waals surface area contributed by atoms with Gasteiger partial charge in [-0.1, -0.05) is 42.5 Å². The smallest absolute Gasteiger partial charge is 0.263 e. The van der Waals surface area contributed by atoms with Crippen molar-refractivity contribution >= 4 is 20.8 Å². The number of hydrogen-bond donors (Lipinski definition) is 1. The highest BCUT2D eigenvalue weighted by Gasteiger charge is 2.32. The first-order valence-electron chi connectivity index (χ1n) is 7.51. The van der Waals surface area contributed by atoms with E-state index >= 15 is 0 Å². The van der Waals surface area contributed by atoms with Gasteiger partial charge < -0.3 is 0 Å². The van der Waals surface area contributed by atoms with Crippen LogP contribution in [0, 0.1) is 5.82 Å². The van der Waals surface area contributed by atoms with Gasteiger partial charge >= 0.3 is 0 Å². The Bertz CT molecular complexity index is 917. The Hall–Kier alpha value is -2.47. The molecule has 0 radical (unpaired) electrons. The molecule has 2 aromatic rings. The fraction of sp³-hybridized carbons (Fsp3) is 0.167. The number of benzene rings is 2. The Morgan fingerprint density at radius 3 is 2.29 bits per heavy atom. The maximum Gasteiger partial charge on any atom is 0.264 e. The van der Waals surface area contributed by atoms with Crippen LogP contribution in [0.1, 0.15) is 31.0 Å². The van der Waals surface area contributed by atoms with Crippen molar-refractivity contribution in [3.8, 4) is 0 Å². The van der Waals surface area contributed by atoms with Crippen molar-refractivity contribution in [2.45, 2.75) is 19.9 Å². The van der Waals surface area contributed by atoms with E-state index in [2.05, 4.69) is 9.71 Å². The summed E-state index contributed by atoms with van der Waals surface area (Å²) in [7, 11) is -3.70. The first kappa shape index (κ1) is 16.4. The van der Waals surface area contributed by atoms with Crippen molar-refractivity contribution in [3.05, 3.63) is 77.1 Å². The van der Waals surface area contributed by atoms with Crippen LogP contribution in [-0.2, 0) is 10.0 Å². The van der Waals surface area contributed by atoms with E-state index in [9.17, 15) is 12.8 Å². The lowest BCUT2D eigenvalue weighted by Crippen LogP contribution is -2.24. The van der Waals surface area contributed by atoms with Gasteiger partial charge in [-0.25, -0.2) is 12.8 Å². The molecule has 6 heteroatoms. The first-order chi connectivity index (χ1) is 11.4. The summed E-state index contributed by atoms with van der Waals surface area (Å²) in [6.45, 7) is 3.60. The molecular weight excluding hydrogens is 327 g/mol. The van der Waals surface area contributed by atoms with Crippen molar-refractivity contribution in [1.82, 2.24) is 4.72 Å². The minimum atomic E-state index is -3.70. The van der Waals surface area contributed by atoms with Gasteiger partial charge in [-0.15, -0.1) is 0 Å². The Labute approximate surface area is 140 Å². The molecule has 0 aromatic heterocycles. The third-order valence-electron chi connectivity index (χ3n) is 3.91. The summed E-state index contributed by atoms with van der Waals surface area (Å²) in [6, 6.07) is 14.8. The number of rotatable bonds is 3. The number of sulfonamides is 1. The second-order valence-corrected chi connectivity index (χ2v) is 7.25. The Balaban J connectivity index is 2.03.